The van der Waals surface area contributed by atoms with E-state index in [2.05, 4.69) is 6.92 Å². The van der Waals surface area contributed by atoms with Gasteiger partial charge in [0.05, 0.1) is 24.4 Å². The molecule has 1 saturated heterocycles. The molecular weight excluding hydrogens is 434 g/mol. The highest BCUT2D eigenvalue weighted by Gasteiger charge is 2.45. The topological polar surface area (TPSA) is 82.1 Å². The summed E-state index contributed by atoms with van der Waals surface area (Å²) in [5.41, 5.74) is 0.797. The lowest BCUT2D eigenvalue weighted by Crippen LogP contribution is -2.41. The zero-order valence-corrected chi connectivity index (χ0v) is 20.6. The van der Waals surface area contributed by atoms with Crippen molar-refractivity contribution in [1.82, 2.24) is 0 Å². The van der Waals surface area contributed by atoms with E-state index in [9.17, 15) is 14.4 Å². The number of ether oxygens (including phenoxy) is 3. The van der Waals surface area contributed by atoms with Crippen molar-refractivity contribution in [3.63, 3.8) is 0 Å². The predicted octanol–water partition coefficient (Wildman–Crippen LogP) is 6.04. The van der Waals surface area contributed by atoms with Gasteiger partial charge < -0.3 is 14.2 Å². The number of methoxy groups -OCH3 is 1. The molecule has 0 aromatic heterocycles. The summed E-state index contributed by atoms with van der Waals surface area (Å²) in [6.45, 7) is 2.20. The van der Waals surface area contributed by atoms with Crippen LogP contribution in [0.15, 0.2) is 24.3 Å². The minimum atomic E-state index is -0.566. The van der Waals surface area contributed by atoms with Crippen LogP contribution in [0.1, 0.15) is 94.3 Å². The lowest BCUT2D eigenvalue weighted by molar-refractivity contribution is -0.146. The number of rotatable bonds is 12. The van der Waals surface area contributed by atoms with Gasteiger partial charge in [-0.1, -0.05) is 76.8 Å². The van der Waals surface area contributed by atoms with Crippen LogP contribution in [0.4, 0.5) is 10.5 Å². The molecule has 1 amide bonds. The normalized spacial score (nSPS) is 20.8. The van der Waals surface area contributed by atoms with Gasteiger partial charge in [-0.05, 0) is 30.9 Å². The molecule has 0 N–H and O–H groups in total. The first-order valence-electron chi connectivity index (χ1n) is 12.9. The van der Waals surface area contributed by atoms with E-state index in [1.165, 1.54) is 32.8 Å². The second kappa shape index (κ2) is 13.4. The number of cyclic esters (lactones) is 1. The summed E-state index contributed by atoms with van der Waals surface area (Å²) in [6.07, 6.45) is 11.2. The van der Waals surface area contributed by atoms with Crippen molar-refractivity contribution in [2.75, 3.05) is 18.6 Å². The highest BCUT2D eigenvalue weighted by Crippen LogP contribution is 2.37. The summed E-state index contributed by atoms with van der Waals surface area (Å²) in [7, 11) is 1.32. The molecule has 188 valence electrons. The molecule has 2 fully saturated rings. The Kier molecular flexibility index (Phi) is 10.2. The number of benzene rings is 1. The lowest BCUT2D eigenvalue weighted by atomic mass is 9.83. The molecule has 3 rings (SSSR count). The molecule has 1 aromatic rings. The first-order valence-corrected chi connectivity index (χ1v) is 12.9. The van der Waals surface area contributed by atoms with E-state index >= 15 is 0 Å². The van der Waals surface area contributed by atoms with Crippen molar-refractivity contribution in [3.8, 4) is 0 Å². The molecule has 7 heteroatoms. The summed E-state index contributed by atoms with van der Waals surface area (Å²) in [4.78, 5) is 39.3. The molecule has 1 aromatic carbocycles. The predicted molar refractivity (Wildman–Crippen MR) is 130 cm³/mol. The second-order valence-electron chi connectivity index (χ2n) is 9.46. The van der Waals surface area contributed by atoms with Crippen molar-refractivity contribution in [2.24, 2.45) is 5.92 Å². The number of nitrogens with zero attached hydrogens (tertiary/aromatic N) is 1. The molecule has 0 radical (unpaired) electrons. The molecular formula is C27H39NO6. The highest BCUT2D eigenvalue weighted by atomic mass is 16.6. The van der Waals surface area contributed by atoms with E-state index in [0.29, 0.717) is 23.6 Å². The van der Waals surface area contributed by atoms with Gasteiger partial charge in [-0.15, -0.1) is 0 Å². The zero-order chi connectivity index (χ0) is 24.3. The van der Waals surface area contributed by atoms with Gasteiger partial charge >= 0.3 is 18.0 Å². The molecule has 1 heterocycles. The Morgan fingerprint density at radius 2 is 1.79 bits per heavy atom. The molecule has 0 bridgehead atoms. The third kappa shape index (κ3) is 6.97. The summed E-state index contributed by atoms with van der Waals surface area (Å²) in [5.74, 6) is -0.284. The van der Waals surface area contributed by atoms with Gasteiger partial charge in [0.25, 0.3) is 0 Å². The number of carbonyl (C=O) groups excluding carboxylic acids is 3. The van der Waals surface area contributed by atoms with E-state index in [1.54, 1.807) is 29.2 Å². The highest BCUT2D eigenvalue weighted by molar-refractivity contribution is 6.01. The van der Waals surface area contributed by atoms with Crippen LogP contribution in [0.25, 0.3) is 0 Å². The first-order chi connectivity index (χ1) is 16.5. The minimum absolute atomic E-state index is 0.0355. The monoisotopic (exact) mass is 473 g/mol. The molecule has 2 atom stereocenters. The van der Waals surface area contributed by atoms with Crippen molar-refractivity contribution in [3.05, 3.63) is 29.8 Å². The van der Waals surface area contributed by atoms with Crippen LogP contribution in [0.5, 0.6) is 0 Å². The molecule has 2 aliphatic rings. The quantitative estimate of drug-likeness (QED) is 0.209. The van der Waals surface area contributed by atoms with Crippen LogP contribution in [-0.4, -0.2) is 43.9 Å². The van der Waals surface area contributed by atoms with Gasteiger partial charge in [0, 0.05) is 6.42 Å². The van der Waals surface area contributed by atoms with Crippen molar-refractivity contribution >= 4 is 23.7 Å². The van der Waals surface area contributed by atoms with Crippen LogP contribution < -0.4 is 4.90 Å². The van der Waals surface area contributed by atoms with Gasteiger partial charge in [-0.25, -0.2) is 9.59 Å². The first kappa shape index (κ1) is 26.0. The van der Waals surface area contributed by atoms with Gasteiger partial charge in [-0.3, -0.25) is 9.69 Å². The largest absolute Gasteiger partial charge is 0.465 e. The molecule has 1 aliphatic carbocycles. The fourth-order valence-corrected chi connectivity index (χ4v) is 5.10. The number of carbonyl (C=O) groups is 3. The molecule has 7 nitrogen and oxygen atoms in total. The molecule has 1 saturated carbocycles. The Hall–Kier alpha value is -2.57. The maximum absolute atomic E-state index is 13.0. The maximum atomic E-state index is 13.0. The molecule has 0 unspecified atom stereocenters. The smallest absolute Gasteiger partial charge is 0.415 e. The van der Waals surface area contributed by atoms with E-state index in [0.717, 1.165) is 44.9 Å². The number of amides is 1. The molecule has 1 aliphatic heterocycles. The fraction of sp³-hybridized carbons (Fsp3) is 0.667. The number of unbranched alkanes of at least 4 members (excludes halogenated alkanes) is 4. The van der Waals surface area contributed by atoms with Crippen LogP contribution >= 0.6 is 0 Å². The van der Waals surface area contributed by atoms with Gasteiger partial charge in [0.1, 0.15) is 6.61 Å². The fourth-order valence-electron chi connectivity index (χ4n) is 5.10. The molecule has 0 spiro atoms. The number of anilines is 1. The average molecular weight is 474 g/mol. The SMILES string of the molecule is CCCCCCCC(=O)OC[C@H]1OC(=O)N(c2ccccc2C(=O)OC)[C@@H]1CC1CCCCC1. The van der Waals surface area contributed by atoms with Crippen molar-refractivity contribution in [2.45, 2.75) is 96.1 Å². The van der Waals surface area contributed by atoms with Gasteiger partial charge in [-0.2, -0.15) is 0 Å². The maximum Gasteiger partial charge on any atom is 0.415 e. The number of hydrogen-bond donors (Lipinski definition) is 0. The minimum Gasteiger partial charge on any atom is -0.465 e. The third-order valence-electron chi connectivity index (χ3n) is 6.97. The number of para-hydroxylation sites is 1. The van der Waals surface area contributed by atoms with Crippen LogP contribution in [0.3, 0.4) is 0 Å². The Morgan fingerprint density at radius 1 is 1.06 bits per heavy atom. The zero-order valence-electron chi connectivity index (χ0n) is 20.6. The van der Waals surface area contributed by atoms with E-state index < -0.39 is 18.2 Å². The Bertz CT molecular complexity index is 819. The number of esters is 2. The standard InChI is InChI=1S/C27H39NO6/c1-3-4-5-6-10-17-25(29)33-19-24-23(18-20-13-8-7-9-14-20)28(27(31)34-24)22-16-12-11-15-21(22)26(30)32-2/h11-12,15-16,20,23-24H,3-10,13-14,17-19H2,1-2H3/t23-,24-/m1/s1. The van der Waals surface area contributed by atoms with Crippen molar-refractivity contribution in [1.29, 1.82) is 0 Å². The number of hydrogen-bond acceptors (Lipinski definition) is 6. The van der Waals surface area contributed by atoms with E-state index in [-0.39, 0.29) is 18.6 Å². The van der Waals surface area contributed by atoms with Crippen LogP contribution in [-0.2, 0) is 19.0 Å². The summed E-state index contributed by atoms with van der Waals surface area (Å²) < 4.78 is 16.2. The Labute approximate surface area is 203 Å². The van der Waals surface area contributed by atoms with Crippen molar-refractivity contribution < 1.29 is 28.6 Å². The Balaban J connectivity index is 1.71. The molecule has 34 heavy (non-hydrogen) atoms. The van der Waals surface area contributed by atoms with Gasteiger partial charge in [0.2, 0.25) is 0 Å². The van der Waals surface area contributed by atoms with Gasteiger partial charge in [0.15, 0.2) is 6.10 Å². The summed E-state index contributed by atoms with van der Waals surface area (Å²) in [5, 5.41) is 0. The Morgan fingerprint density at radius 3 is 2.53 bits per heavy atom. The second-order valence-corrected chi connectivity index (χ2v) is 9.46. The van der Waals surface area contributed by atoms with Crippen LogP contribution in [0.2, 0.25) is 0 Å². The van der Waals surface area contributed by atoms with E-state index in [1.807, 2.05) is 0 Å². The summed E-state index contributed by atoms with van der Waals surface area (Å²) >= 11 is 0. The van der Waals surface area contributed by atoms with E-state index in [4.69, 9.17) is 14.2 Å². The van der Waals surface area contributed by atoms with Crippen LogP contribution in [0, 0.1) is 5.92 Å². The lowest BCUT2D eigenvalue weighted by Gasteiger charge is -2.30. The average Bonchev–Trinajstić information content (AvgIpc) is 3.17. The summed E-state index contributed by atoms with van der Waals surface area (Å²) in [6, 6.07) is 6.62. The third-order valence-corrected chi connectivity index (χ3v) is 6.97.